The van der Waals surface area contributed by atoms with Gasteiger partial charge in [0.25, 0.3) is 0 Å². The Hall–Kier alpha value is -3.49. The number of hydrogen-bond acceptors (Lipinski definition) is 12. The number of ether oxygens (including phenoxy) is 2. The first-order chi connectivity index (χ1) is 26.5. The highest BCUT2D eigenvalue weighted by molar-refractivity contribution is 8.76. The molecule has 4 aromatic rings. The monoisotopic (exact) mass is 790 g/mol. The van der Waals surface area contributed by atoms with Crippen molar-refractivity contribution in [2.75, 3.05) is 25.2 Å². The summed E-state index contributed by atoms with van der Waals surface area (Å²) in [5.74, 6) is 1.50. The summed E-state index contributed by atoms with van der Waals surface area (Å²) in [5, 5.41) is 62.2. The molecule has 2 aliphatic rings. The highest BCUT2D eigenvalue weighted by Gasteiger charge is 2.38. The predicted octanol–water partition coefficient (Wildman–Crippen LogP) is 7.76. The summed E-state index contributed by atoms with van der Waals surface area (Å²) in [4.78, 5) is 13.8. The van der Waals surface area contributed by atoms with E-state index in [0.29, 0.717) is 47.6 Å². The number of aliphatic hydroxyl groups excluding tert-OH is 3. The van der Waals surface area contributed by atoms with Gasteiger partial charge >= 0.3 is 0 Å². The summed E-state index contributed by atoms with van der Waals surface area (Å²) in [6.45, 7) is 1.62. The number of Topliss-reactive ketones (excluding diaryl/α,β-unsaturated/α-hetero) is 1. The third kappa shape index (κ3) is 9.56. The fourth-order valence-electron chi connectivity index (χ4n) is 8.08. The molecule has 0 spiro atoms. The lowest BCUT2D eigenvalue weighted by atomic mass is 9.89. The summed E-state index contributed by atoms with van der Waals surface area (Å²) in [5.41, 5.74) is 5.21. The summed E-state index contributed by atoms with van der Waals surface area (Å²) in [6.07, 6.45) is 3.21. The van der Waals surface area contributed by atoms with Gasteiger partial charge in [0.2, 0.25) is 0 Å². The van der Waals surface area contributed by atoms with E-state index in [0.717, 1.165) is 64.4 Å². The van der Waals surface area contributed by atoms with Crippen LogP contribution in [0.15, 0.2) is 60.7 Å². The van der Waals surface area contributed by atoms with Crippen molar-refractivity contribution in [1.29, 1.82) is 0 Å². The third-order valence-electron chi connectivity index (χ3n) is 11.2. The van der Waals surface area contributed by atoms with Crippen molar-refractivity contribution in [2.45, 2.75) is 107 Å². The van der Waals surface area contributed by atoms with Crippen molar-refractivity contribution >= 4 is 43.8 Å². The summed E-state index contributed by atoms with van der Waals surface area (Å²) in [6, 6.07) is 18.5. The summed E-state index contributed by atoms with van der Waals surface area (Å²) in [7, 11) is 6.49. The van der Waals surface area contributed by atoms with Crippen molar-refractivity contribution in [3.05, 3.63) is 82.9 Å². The first-order valence-corrected chi connectivity index (χ1v) is 21.6. The van der Waals surface area contributed by atoms with Crippen LogP contribution in [0.2, 0.25) is 0 Å². The Labute approximate surface area is 331 Å². The summed E-state index contributed by atoms with van der Waals surface area (Å²) >= 11 is 0. The SMILES string of the molecule is CN[C@H](OC1CC[C@H](O)CSSCc2c(ccc3ccc(O)cc23)-c2c(ccc(O)c2OC)CCC(=O)C1)c1ccc(NC2([C@H](C)O)CCCC2)c(CO)c1. The number of benzene rings is 4. The molecule has 0 amide bonds. The molecular weight excluding hydrogens is 737 g/mol. The maximum absolute atomic E-state index is 13.8. The lowest BCUT2D eigenvalue weighted by Gasteiger charge is -2.35. The average molecular weight is 791 g/mol. The van der Waals surface area contributed by atoms with Crippen LogP contribution in [0, 0.1) is 0 Å². The van der Waals surface area contributed by atoms with E-state index in [2.05, 4.69) is 10.6 Å². The van der Waals surface area contributed by atoms with Gasteiger partial charge in [-0.3, -0.25) is 10.1 Å². The van der Waals surface area contributed by atoms with Crippen LogP contribution >= 0.6 is 21.6 Å². The van der Waals surface area contributed by atoms with E-state index in [9.17, 15) is 30.3 Å². The van der Waals surface area contributed by atoms with Gasteiger partial charge in [0.05, 0.1) is 37.6 Å². The molecule has 55 heavy (non-hydrogen) atoms. The number of carbonyl (C=O) groups excluding carboxylic acids is 1. The molecule has 1 fully saturated rings. The van der Waals surface area contributed by atoms with Crippen molar-refractivity contribution in [1.82, 2.24) is 5.32 Å². The number of hydrogen-bond donors (Lipinski definition) is 7. The minimum Gasteiger partial charge on any atom is -0.508 e. The highest BCUT2D eigenvalue weighted by atomic mass is 33.1. The molecule has 4 aromatic carbocycles. The van der Waals surface area contributed by atoms with Crippen LogP contribution < -0.4 is 15.4 Å². The number of nitrogens with one attached hydrogen (secondary N) is 2. The number of phenols is 2. The maximum atomic E-state index is 13.8. The molecule has 0 radical (unpaired) electrons. The number of rotatable bonds is 9. The van der Waals surface area contributed by atoms with Gasteiger partial charge in [-0.05, 0) is 109 Å². The van der Waals surface area contributed by atoms with Crippen molar-refractivity contribution < 1.29 is 39.8 Å². The highest BCUT2D eigenvalue weighted by Crippen LogP contribution is 2.46. The first kappa shape index (κ1) is 41.2. The van der Waals surface area contributed by atoms with Gasteiger partial charge in [-0.1, -0.05) is 64.8 Å². The average Bonchev–Trinajstić information content (AvgIpc) is 3.66. The van der Waals surface area contributed by atoms with Crippen molar-refractivity contribution in [3.63, 3.8) is 0 Å². The predicted molar refractivity (Wildman–Crippen MR) is 222 cm³/mol. The van der Waals surface area contributed by atoms with Gasteiger partial charge in [0.15, 0.2) is 11.5 Å². The van der Waals surface area contributed by atoms with E-state index in [1.165, 1.54) is 7.11 Å². The number of fused-ring (bicyclic) bond motifs is 5. The zero-order valence-corrected chi connectivity index (χ0v) is 33.5. The second-order valence-corrected chi connectivity index (χ2v) is 17.3. The van der Waals surface area contributed by atoms with E-state index >= 15 is 0 Å². The van der Waals surface area contributed by atoms with Gasteiger partial charge in [-0.15, -0.1) is 0 Å². The van der Waals surface area contributed by atoms with E-state index in [1.807, 2.05) is 49.4 Å². The van der Waals surface area contributed by atoms with Gasteiger partial charge in [-0.25, -0.2) is 0 Å². The lowest BCUT2D eigenvalue weighted by Crippen LogP contribution is -2.45. The molecule has 7 N–H and O–H groups in total. The van der Waals surface area contributed by atoms with E-state index in [-0.39, 0.29) is 36.7 Å². The number of aryl methyl sites for hydroxylation is 1. The van der Waals surface area contributed by atoms with E-state index in [1.54, 1.807) is 46.8 Å². The van der Waals surface area contributed by atoms with Gasteiger partial charge in [0.1, 0.15) is 17.8 Å². The standard InChI is InChI=1S/C43H54N2O8S2/c1-26(47)43(18-4-5-19-43)45-38-16-9-29(20-30(38)23-46)42(44-2)53-34-14-13-33(50)24-54-55-25-37-35(15-8-27-6-11-32(49)22-36(27)37)40-28(7-12-31(48)21-34)10-17-39(51)41(40)52-3/h6,8-11,15-17,20,22,26,33-34,42,44-47,49-51H,4-5,7,12-14,18-19,21,23-25H2,1-3H3/t26-,33-,34?,42+/m0/s1. The van der Waals surface area contributed by atoms with Crippen LogP contribution in [0.25, 0.3) is 21.9 Å². The molecule has 4 atom stereocenters. The molecule has 1 aliphatic carbocycles. The summed E-state index contributed by atoms with van der Waals surface area (Å²) < 4.78 is 12.4. The molecule has 1 aliphatic heterocycles. The van der Waals surface area contributed by atoms with Crippen LogP contribution in [-0.2, 0) is 28.3 Å². The molecule has 0 bridgehead atoms. The van der Waals surface area contributed by atoms with E-state index < -0.39 is 30.1 Å². The second kappa shape index (κ2) is 18.6. The number of methoxy groups -OCH3 is 1. The molecule has 12 heteroatoms. The smallest absolute Gasteiger partial charge is 0.168 e. The Morgan fingerprint density at radius 2 is 1.76 bits per heavy atom. The van der Waals surface area contributed by atoms with Gasteiger partial charge < -0.3 is 40.3 Å². The molecule has 296 valence electrons. The fourth-order valence-corrected chi connectivity index (χ4v) is 10.4. The number of aromatic hydroxyl groups is 2. The van der Waals surface area contributed by atoms with Gasteiger partial charge in [0, 0.05) is 41.2 Å². The zero-order valence-electron chi connectivity index (χ0n) is 31.8. The van der Waals surface area contributed by atoms with Crippen LogP contribution in [0.3, 0.4) is 0 Å². The topological polar surface area (TPSA) is 161 Å². The largest absolute Gasteiger partial charge is 0.508 e. The molecule has 1 heterocycles. The normalized spacial score (nSPS) is 20.7. The van der Waals surface area contributed by atoms with E-state index in [4.69, 9.17) is 9.47 Å². The maximum Gasteiger partial charge on any atom is 0.168 e. The van der Waals surface area contributed by atoms with Crippen LogP contribution in [0.4, 0.5) is 5.69 Å². The van der Waals surface area contributed by atoms with Crippen LogP contribution in [0.5, 0.6) is 17.2 Å². The molecule has 0 aromatic heterocycles. The van der Waals surface area contributed by atoms with Crippen molar-refractivity contribution in [3.8, 4) is 28.4 Å². The Morgan fingerprint density at radius 3 is 2.49 bits per heavy atom. The number of anilines is 1. The quantitative estimate of drug-likeness (QED) is 0.0654. The Kier molecular flexibility index (Phi) is 13.9. The zero-order chi connectivity index (χ0) is 39.1. The minimum atomic E-state index is -0.628. The molecule has 6 rings (SSSR count). The first-order valence-electron chi connectivity index (χ1n) is 19.2. The lowest BCUT2D eigenvalue weighted by molar-refractivity contribution is -0.124. The molecule has 1 saturated carbocycles. The van der Waals surface area contributed by atoms with Gasteiger partial charge in [-0.2, -0.15) is 0 Å². The second-order valence-electron chi connectivity index (χ2n) is 14.8. The Balaban J connectivity index is 1.27. The fraction of sp³-hybridized carbons (Fsp3) is 0.465. The number of phenolic OH excluding ortho intramolecular Hbond substituents is 2. The number of ketones is 1. The van der Waals surface area contributed by atoms with Crippen molar-refractivity contribution in [2.24, 2.45) is 0 Å². The number of aliphatic hydroxyl groups is 3. The minimum absolute atomic E-state index is 0.00333. The molecule has 0 saturated heterocycles. The number of carbonyl (C=O) groups is 1. The molecular formula is C43H54N2O8S2. The third-order valence-corrected chi connectivity index (χ3v) is 13.5. The molecule has 1 unspecified atom stereocenters. The van der Waals surface area contributed by atoms with Crippen LogP contribution in [0.1, 0.15) is 86.8 Å². The Morgan fingerprint density at radius 1 is 0.982 bits per heavy atom. The van der Waals surface area contributed by atoms with Crippen LogP contribution in [-0.4, -0.2) is 75.1 Å². The Bertz CT molecular complexity index is 1950. The molecule has 10 nitrogen and oxygen atoms in total.